The highest BCUT2D eigenvalue weighted by Crippen LogP contribution is 2.39. The summed E-state index contributed by atoms with van der Waals surface area (Å²) < 4.78 is 0. The van der Waals surface area contributed by atoms with E-state index in [0.29, 0.717) is 0 Å². The van der Waals surface area contributed by atoms with Crippen molar-refractivity contribution < 1.29 is 2.85 Å². The molecule has 1 aliphatic heterocycles. The molecule has 180 valence electrons. The lowest BCUT2D eigenvalue weighted by molar-refractivity contribution is 0.649. The summed E-state index contributed by atoms with van der Waals surface area (Å²) >= 11 is 0. The Morgan fingerprint density at radius 2 is 1.20 bits per heavy atom. The zero-order valence-corrected chi connectivity index (χ0v) is 19.9. The lowest BCUT2D eigenvalue weighted by Crippen LogP contribution is -2.41. The van der Waals surface area contributed by atoms with Crippen molar-refractivity contribution in [3.05, 3.63) is 97.1 Å². The number of anilines is 6. The molecule has 35 heavy (non-hydrogen) atoms. The summed E-state index contributed by atoms with van der Waals surface area (Å²) in [4.78, 5) is 0. The third-order valence-corrected chi connectivity index (χ3v) is 6.04. The van der Waals surface area contributed by atoms with Gasteiger partial charge in [-0.1, -0.05) is 54.6 Å². The van der Waals surface area contributed by atoms with Crippen LogP contribution in [-0.4, -0.2) is 5.66 Å². The largest absolute Gasteiger partial charge is 0.398 e. The molecule has 5 aromatic carbocycles. The zero-order chi connectivity index (χ0) is 24.4. The van der Waals surface area contributed by atoms with Crippen LogP contribution < -0.4 is 33.0 Å². The number of nitrogens with one attached hydrogen (secondary N) is 4. The summed E-state index contributed by atoms with van der Waals surface area (Å²) in [6.45, 7) is 4.23. The zero-order valence-electron chi connectivity index (χ0n) is 19.9. The maximum Gasteiger partial charge on any atom is 0.102 e. The minimum atomic E-state index is -0.128. The predicted octanol–water partition coefficient (Wildman–Crippen LogP) is 7.35. The van der Waals surface area contributed by atoms with Gasteiger partial charge >= 0.3 is 0 Å². The monoisotopic (exact) mass is 466 g/mol. The van der Waals surface area contributed by atoms with Crippen LogP contribution in [0.25, 0.3) is 21.5 Å². The standard InChI is InChI=1S/C16H15N3.C13H15N3.2H2/c17-15-10-11-16(14-9-5-4-8-13(14)15)19-18-12-6-2-1-3-7-12;1-13(2)15-10-5-3-4-8-9(14)6-7-11(16-13)12(8)10;;/h1-11,18-19H,17H2;3-7,15-16H,14H2,1-2H3;2*1H. The van der Waals surface area contributed by atoms with Gasteiger partial charge in [0.2, 0.25) is 0 Å². The highest BCUT2D eigenvalue weighted by molar-refractivity contribution is 6.09. The summed E-state index contributed by atoms with van der Waals surface area (Å²) in [5.41, 5.74) is 24.2. The molecule has 0 bridgehead atoms. The molecular weight excluding hydrogens is 432 g/mol. The quantitative estimate of drug-likeness (QED) is 0.123. The Labute approximate surface area is 208 Å². The van der Waals surface area contributed by atoms with Crippen LogP contribution in [-0.2, 0) is 0 Å². The van der Waals surface area contributed by atoms with Crippen molar-refractivity contribution in [1.82, 2.24) is 0 Å². The highest BCUT2D eigenvalue weighted by atomic mass is 15.4. The topological polar surface area (TPSA) is 100 Å². The van der Waals surface area contributed by atoms with Crippen LogP contribution in [0.2, 0.25) is 0 Å². The van der Waals surface area contributed by atoms with E-state index in [1.165, 1.54) is 5.39 Å². The Hall–Kier alpha value is -4.58. The summed E-state index contributed by atoms with van der Waals surface area (Å²) in [5.74, 6) is 0. The smallest absolute Gasteiger partial charge is 0.102 e. The molecule has 1 aliphatic rings. The third-order valence-electron chi connectivity index (χ3n) is 6.04. The van der Waals surface area contributed by atoms with E-state index in [-0.39, 0.29) is 8.52 Å². The Morgan fingerprint density at radius 3 is 1.97 bits per heavy atom. The molecule has 0 saturated heterocycles. The van der Waals surface area contributed by atoms with E-state index in [9.17, 15) is 0 Å². The minimum Gasteiger partial charge on any atom is -0.398 e. The van der Waals surface area contributed by atoms with E-state index in [0.717, 1.165) is 50.3 Å². The van der Waals surface area contributed by atoms with Gasteiger partial charge in [0.05, 0.1) is 11.4 Å². The van der Waals surface area contributed by atoms with Crippen LogP contribution in [0.1, 0.15) is 16.7 Å². The van der Waals surface area contributed by atoms with Crippen molar-refractivity contribution in [2.24, 2.45) is 0 Å². The number of benzene rings is 5. The van der Waals surface area contributed by atoms with Gasteiger partial charge in [-0.25, -0.2) is 0 Å². The van der Waals surface area contributed by atoms with Crippen molar-refractivity contribution in [3.63, 3.8) is 0 Å². The fraction of sp³-hybridized carbons (Fsp3) is 0.103. The van der Waals surface area contributed by atoms with Gasteiger partial charge in [0, 0.05) is 47.1 Å². The molecular formula is C29H34N6. The van der Waals surface area contributed by atoms with E-state index in [4.69, 9.17) is 11.5 Å². The summed E-state index contributed by atoms with van der Waals surface area (Å²) in [6.07, 6.45) is 0. The van der Waals surface area contributed by atoms with Gasteiger partial charge in [-0.15, -0.1) is 0 Å². The van der Waals surface area contributed by atoms with E-state index in [2.05, 4.69) is 53.5 Å². The van der Waals surface area contributed by atoms with Crippen molar-refractivity contribution in [2.45, 2.75) is 19.5 Å². The van der Waals surface area contributed by atoms with Gasteiger partial charge < -0.3 is 33.0 Å². The summed E-state index contributed by atoms with van der Waals surface area (Å²) in [6, 6.07) is 32.1. The molecule has 0 aliphatic carbocycles. The SMILES string of the molecule is CC1(C)Nc2cccc3c(N)ccc(c23)N1.Nc1ccc(NNc2ccccc2)c2ccccc12.[HH].[HH]. The first kappa shape index (κ1) is 22.2. The fourth-order valence-electron chi connectivity index (χ4n) is 4.43. The fourth-order valence-corrected chi connectivity index (χ4v) is 4.43. The Kier molecular flexibility index (Phi) is 5.71. The molecule has 0 unspecified atom stereocenters. The van der Waals surface area contributed by atoms with Crippen molar-refractivity contribution in [3.8, 4) is 0 Å². The Morgan fingerprint density at radius 1 is 0.600 bits per heavy atom. The van der Waals surface area contributed by atoms with E-state index >= 15 is 0 Å². The number of nitrogens with two attached hydrogens (primary N) is 2. The van der Waals surface area contributed by atoms with Crippen LogP contribution >= 0.6 is 0 Å². The second-order valence-electron chi connectivity index (χ2n) is 9.17. The van der Waals surface area contributed by atoms with Gasteiger partial charge in [0.1, 0.15) is 5.66 Å². The summed E-state index contributed by atoms with van der Waals surface area (Å²) in [7, 11) is 0. The second-order valence-corrected chi connectivity index (χ2v) is 9.17. The first-order valence-electron chi connectivity index (χ1n) is 11.6. The van der Waals surface area contributed by atoms with Crippen LogP contribution in [0.3, 0.4) is 0 Å². The predicted molar refractivity (Wildman–Crippen MR) is 156 cm³/mol. The van der Waals surface area contributed by atoms with Gasteiger partial charge in [-0.3, -0.25) is 0 Å². The molecule has 5 aromatic rings. The molecule has 0 fully saturated rings. The molecule has 0 saturated carbocycles. The van der Waals surface area contributed by atoms with E-state index in [1.807, 2.05) is 78.9 Å². The number of nitrogen functional groups attached to an aromatic ring is 2. The van der Waals surface area contributed by atoms with Gasteiger partial charge in [-0.05, 0) is 56.3 Å². The number of fused-ring (bicyclic) bond motifs is 1. The molecule has 0 atom stereocenters. The molecule has 6 heteroatoms. The first-order chi connectivity index (χ1) is 16.9. The Bertz CT molecular complexity index is 1490. The average Bonchev–Trinajstić information content (AvgIpc) is 2.86. The molecule has 0 amide bonds. The molecule has 1 heterocycles. The number of rotatable bonds is 3. The normalized spacial score (nSPS) is 13.2. The van der Waals surface area contributed by atoms with E-state index in [1.54, 1.807) is 0 Å². The maximum atomic E-state index is 5.98. The number of hydrogen-bond donors (Lipinski definition) is 6. The van der Waals surface area contributed by atoms with Crippen molar-refractivity contribution >= 4 is 55.7 Å². The molecule has 0 aromatic heterocycles. The lowest BCUT2D eigenvalue weighted by atomic mass is 10.00. The second kappa shape index (κ2) is 8.99. The number of hydrogen-bond acceptors (Lipinski definition) is 6. The lowest BCUT2D eigenvalue weighted by Gasteiger charge is -2.36. The highest BCUT2D eigenvalue weighted by Gasteiger charge is 2.24. The van der Waals surface area contributed by atoms with Gasteiger partial charge in [0.15, 0.2) is 0 Å². The van der Waals surface area contributed by atoms with Crippen molar-refractivity contribution in [2.75, 3.05) is 33.0 Å². The maximum absolute atomic E-state index is 5.98. The molecule has 8 N–H and O–H groups in total. The molecule has 0 radical (unpaired) electrons. The van der Waals surface area contributed by atoms with E-state index < -0.39 is 0 Å². The first-order valence-corrected chi connectivity index (χ1v) is 11.6. The van der Waals surface area contributed by atoms with Gasteiger partial charge in [-0.2, -0.15) is 0 Å². The third kappa shape index (κ3) is 4.59. The molecule has 6 nitrogen and oxygen atoms in total. The summed E-state index contributed by atoms with van der Waals surface area (Å²) in [5, 5.41) is 11.4. The van der Waals surface area contributed by atoms with Gasteiger partial charge in [0.25, 0.3) is 0 Å². The molecule has 0 spiro atoms. The number of hydrazine groups is 1. The minimum absolute atomic E-state index is 0. The average molecular weight is 467 g/mol. The van der Waals surface area contributed by atoms with Crippen LogP contribution in [0.15, 0.2) is 97.1 Å². The number of para-hydroxylation sites is 1. The van der Waals surface area contributed by atoms with Crippen LogP contribution in [0, 0.1) is 0 Å². The van der Waals surface area contributed by atoms with Crippen molar-refractivity contribution in [1.29, 1.82) is 0 Å². The van der Waals surface area contributed by atoms with Crippen LogP contribution in [0.4, 0.5) is 34.1 Å². The van der Waals surface area contributed by atoms with Crippen LogP contribution in [0.5, 0.6) is 0 Å². The molecule has 6 rings (SSSR count). The Balaban J connectivity index is 0.000000197.